The van der Waals surface area contributed by atoms with Crippen LogP contribution >= 0.6 is 0 Å². The van der Waals surface area contributed by atoms with E-state index in [-0.39, 0.29) is 16.9 Å². The molecule has 114 valence electrons. The van der Waals surface area contributed by atoms with Gasteiger partial charge in [-0.05, 0) is 27.3 Å². The number of nitrogens with one attached hydrogen (secondary N) is 3. The maximum atomic E-state index is 12.5. The normalized spacial score (nSPS) is 21.2. The summed E-state index contributed by atoms with van der Waals surface area (Å²) in [4.78, 5) is 0.248. The number of hydrogen-bond donors (Lipinski definition) is 3. The Labute approximate surface area is 119 Å². The summed E-state index contributed by atoms with van der Waals surface area (Å²) in [5.41, 5.74) is 1.06. The number of hydrogen-bond acceptors (Lipinski definition) is 5. The number of sulfonamides is 1. The summed E-state index contributed by atoms with van der Waals surface area (Å²) in [6.07, 6.45) is 0.886. The van der Waals surface area contributed by atoms with Gasteiger partial charge in [0.2, 0.25) is 10.0 Å². The molecule has 3 N–H and O–H groups in total. The van der Waals surface area contributed by atoms with Gasteiger partial charge < -0.3 is 10.1 Å². The molecule has 0 bridgehead atoms. The first-order chi connectivity index (χ1) is 9.45. The van der Waals surface area contributed by atoms with Gasteiger partial charge in [-0.1, -0.05) is 0 Å². The van der Waals surface area contributed by atoms with Crippen LogP contribution in [-0.4, -0.2) is 44.9 Å². The predicted octanol–water partition coefficient (Wildman–Crippen LogP) is 0.141. The molecule has 2 unspecified atom stereocenters. The molecule has 2 atom stereocenters. The zero-order chi connectivity index (χ0) is 14.8. The van der Waals surface area contributed by atoms with Crippen molar-refractivity contribution in [2.24, 2.45) is 5.92 Å². The average Bonchev–Trinajstić information content (AvgIpc) is 2.99. The predicted molar refractivity (Wildman–Crippen MR) is 74.8 cm³/mol. The molecule has 1 aliphatic heterocycles. The van der Waals surface area contributed by atoms with Gasteiger partial charge >= 0.3 is 0 Å². The minimum Gasteiger partial charge on any atom is -0.381 e. The number of rotatable bonds is 6. The lowest BCUT2D eigenvalue weighted by atomic mass is 10.0. The lowest BCUT2D eigenvalue weighted by molar-refractivity contribution is 0.180. The fraction of sp³-hybridized carbons (Fsp3) is 0.750. The Bertz CT molecular complexity index is 549. The van der Waals surface area contributed by atoms with Crippen molar-refractivity contribution in [3.63, 3.8) is 0 Å². The molecule has 1 saturated heterocycles. The van der Waals surface area contributed by atoms with E-state index in [4.69, 9.17) is 4.74 Å². The third-order valence-corrected chi connectivity index (χ3v) is 5.35. The summed E-state index contributed by atoms with van der Waals surface area (Å²) in [6, 6.07) is -0.153. The van der Waals surface area contributed by atoms with Gasteiger partial charge in [-0.25, -0.2) is 13.1 Å². The number of aryl methyl sites for hydroxylation is 1. The van der Waals surface area contributed by atoms with Crippen LogP contribution in [-0.2, 0) is 21.3 Å². The zero-order valence-electron chi connectivity index (χ0n) is 12.1. The van der Waals surface area contributed by atoms with Crippen molar-refractivity contribution >= 4 is 10.0 Å². The van der Waals surface area contributed by atoms with Crippen LogP contribution in [0.15, 0.2) is 4.90 Å². The molecule has 1 aromatic rings. The summed E-state index contributed by atoms with van der Waals surface area (Å²) >= 11 is 0. The molecule has 0 aliphatic carbocycles. The Balaban J connectivity index is 2.19. The van der Waals surface area contributed by atoms with Crippen LogP contribution in [0.1, 0.15) is 24.7 Å². The average molecular weight is 302 g/mol. The minimum atomic E-state index is -3.58. The van der Waals surface area contributed by atoms with E-state index in [1.165, 1.54) is 0 Å². The highest BCUT2D eigenvalue weighted by Crippen LogP contribution is 2.21. The third-order valence-electron chi connectivity index (χ3n) is 3.59. The Hall–Kier alpha value is -0.960. The second-order valence-corrected chi connectivity index (χ2v) is 6.84. The van der Waals surface area contributed by atoms with E-state index in [9.17, 15) is 8.42 Å². The van der Waals surface area contributed by atoms with Crippen LogP contribution in [0, 0.1) is 12.8 Å². The Morgan fingerprint density at radius 3 is 2.90 bits per heavy atom. The number of ether oxygens (including phenoxy) is 1. The van der Waals surface area contributed by atoms with E-state index in [1.807, 2.05) is 6.92 Å². The number of H-pyrrole nitrogens is 1. The SMILES string of the molecule is CNCc1n[nH]c(C)c1S(=O)(=O)NC(C)C1CCOC1. The van der Waals surface area contributed by atoms with Gasteiger partial charge in [-0.2, -0.15) is 5.10 Å². The first kappa shape index (κ1) is 15.4. The maximum Gasteiger partial charge on any atom is 0.244 e. The van der Waals surface area contributed by atoms with Gasteiger partial charge in [-0.15, -0.1) is 0 Å². The molecule has 8 heteroatoms. The Morgan fingerprint density at radius 2 is 2.30 bits per heavy atom. The molecule has 1 fully saturated rings. The van der Waals surface area contributed by atoms with Crippen molar-refractivity contribution in [1.82, 2.24) is 20.2 Å². The van der Waals surface area contributed by atoms with Crippen LogP contribution in [0.2, 0.25) is 0 Å². The third kappa shape index (κ3) is 3.20. The molecule has 0 radical (unpaired) electrons. The molecule has 2 rings (SSSR count). The van der Waals surface area contributed by atoms with Gasteiger partial charge in [0.25, 0.3) is 0 Å². The van der Waals surface area contributed by atoms with Crippen molar-refractivity contribution in [3.8, 4) is 0 Å². The summed E-state index contributed by atoms with van der Waals surface area (Å²) < 4.78 is 33.1. The first-order valence-corrected chi connectivity index (χ1v) is 8.22. The van der Waals surface area contributed by atoms with Crippen LogP contribution < -0.4 is 10.0 Å². The lowest BCUT2D eigenvalue weighted by Gasteiger charge is -2.19. The smallest absolute Gasteiger partial charge is 0.244 e. The quantitative estimate of drug-likeness (QED) is 0.695. The molecule has 0 amide bonds. The fourth-order valence-corrected chi connectivity index (χ4v) is 4.14. The fourth-order valence-electron chi connectivity index (χ4n) is 2.46. The molecular weight excluding hydrogens is 280 g/mol. The van der Waals surface area contributed by atoms with Crippen molar-refractivity contribution in [2.75, 3.05) is 20.3 Å². The lowest BCUT2D eigenvalue weighted by Crippen LogP contribution is -2.38. The number of aromatic amines is 1. The van der Waals surface area contributed by atoms with E-state index in [2.05, 4.69) is 20.2 Å². The zero-order valence-corrected chi connectivity index (χ0v) is 12.9. The van der Waals surface area contributed by atoms with Crippen molar-refractivity contribution in [1.29, 1.82) is 0 Å². The van der Waals surface area contributed by atoms with Gasteiger partial charge in [-0.3, -0.25) is 5.10 Å². The van der Waals surface area contributed by atoms with Gasteiger partial charge in [0.15, 0.2) is 0 Å². The van der Waals surface area contributed by atoms with Gasteiger partial charge in [0, 0.05) is 25.1 Å². The van der Waals surface area contributed by atoms with E-state index in [1.54, 1.807) is 14.0 Å². The molecular formula is C12H22N4O3S. The molecule has 0 spiro atoms. The molecule has 7 nitrogen and oxygen atoms in total. The highest BCUT2D eigenvalue weighted by Gasteiger charge is 2.30. The summed E-state index contributed by atoms with van der Waals surface area (Å²) in [6.45, 7) is 5.31. The number of nitrogens with zero attached hydrogens (tertiary/aromatic N) is 1. The molecule has 0 aromatic carbocycles. The molecule has 0 saturated carbocycles. The van der Waals surface area contributed by atoms with Crippen LogP contribution in [0.25, 0.3) is 0 Å². The molecule has 1 aromatic heterocycles. The van der Waals surface area contributed by atoms with E-state index >= 15 is 0 Å². The van der Waals surface area contributed by atoms with Gasteiger partial charge in [0.1, 0.15) is 4.90 Å². The summed E-state index contributed by atoms with van der Waals surface area (Å²) in [5, 5.41) is 9.71. The Kier molecular flexibility index (Phi) is 4.79. The van der Waals surface area contributed by atoms with Crippen LogP contribution in [0.4, 0.5) is 0 Å². The summed E-state index contributed by atoms with van der Waals surface area (Å²) in [7, 11) is -1.82. The van der Waals surface area contributed by atoms with Crippen molar-refractivity contribution < 1.29 is 13.2 Å². The maximum absolute atomic E-state index is 12.5. The first-order valence-electron chi connectivity index (χ1n) is 6.74. The second-order valence-electron chi connectivity index (χ2n) is 5.19. The second kappa shape index (κ2) is 6.21. The molecule has 2 heterocycles. The monoisotopic (exact) mass is 302 g/mol. The standard InChI is InChI=1S/C12H22N4O3S/c1-8(10-4-5-19-7-10)16-20(17,18)12-9(2)14-15-11(12)6-13-3/h8,10,13,16H,4-7H2,1-3H3,(H,14,15). The van der Waals surface area contributed by atoms with E-state index in [0.29, 0.717) is 31.1 Å². The van der Waals surface area contributed by atoms with E-state index < -0.39 is 10.0 Å². The van der Waals surface area contributed by atoms with Gasteiger partial charge in [0.05, 0.1) is 18.0 Å². The Morgan fingerprint density at radius 1 is 1.55 bits per heavy atom. The highest BCUT2D eigenvalue weighted by molar-refractivity contribution is 7.89. The number of aromatic nitrogens is 2. The van der Waals surface area contributed by atoms with E-state index in [0.717, 1.165) is 6.42 Å². The molecule has 1 aliphatic rings. The minimum absolute atomic E-state index is 0.153. The molecule has 20 heavy (non-hydrogen) atoms. The largest absolute Gasteiger partial charge is 0.381 e. The van der Waals surface area contributed by atoms with Crippen LogP contribution in [0.3, 0.4) is 0 Å². The van der Waals surface area contributed by atoms with Crippen molar-refractivity contribution in [2.45, 2.75) is 37.8 Å². The highest BCUT2D eigenvalue weighted by atomic mass is 32.2. The van der Waals surface area contributed by atoms with Crippen molar-refractivity contribution in [3.05, 3.63) is 11.4 Å². The topological polar surface area (TPSA) is 96.1 Å². The summed E-state index contributed by atoms with van der Waals surface area (Å²) in [5.74, 6) is 0.227. The van der Waals surface area contributed by atoms with Crippen LogP contribution in [0.5, 0.6) is 0 Å².